The molecule has 0 atom stereocenters. The molecule has 0 saturated heterocycles. The Morgan fingerprint density at radius 1 is 1.16 bits per heavy atom. The molecule has 0 saturated carbocycles. The molecule has 0 aliphatic rings. The number of rotatable bonds is 5. The van der Waals surface area contributed by atoms with Crippen molar-refractivity contribution in [2.24, 2.45) is 5.73 Å². The second-order valence-electron chi connectivity index (χ2n) is 4.13. The zero-order chi connectivity index (χ0) is 13.7. The van der Waals surface area contributed by atoms with E-state index >= 15 is 0 Å². The number of nitrogens with two attached hydrogens (primary N) is 1. The Balaban J connectivity index is 2.32. The number of nitrogens with zero attached hydrogens (tertiary/aromatic N) is 1. The summed E-state index contributed by atoms with van der Waals surface area (Å²) in [5.41, 5.74) is 7.74. The summed E-state index contributed by atoms with van der Waals surface area (Å²) < 4.78 is 11.2. The topological polar surface area (TPSA) is 57.4 Å². The van der Waals surface area contributed by atoms with E-state index < -0.39 is 0 Å². The van der Waals surface area contributed by atoms with Gasteiger partial charge in [-0.05, 0) is 30.2 Å². The third-order valence-corrected chi connectivity index (χ3v) is 2.93. The van der Waals surface area contributed by atoms with Gasteiger partial charge in [-0.2, -0.15) is 0 Å². The highest BCUT2D eigenvalue weighted by Crippen LogP contribution is 2.33. The molecule has 100 valence electrons. The summed E-state index contributed by atoms with van der Waals surface area (Å²) in [6.07, 6.45) is 4.35. The Hall–Kier alpha value is -2.07. The van der Waals surface area contributed by atoms with Crippen molar-refractivity contribution in [3.63, 3.8) is 0 Å². The smallest absolute Gasteiger partial charge is 0.169 e. The summed E-state index contributed by atoms with van der Waals surface area (Å²) >= 11 is 0. The van der Waals surface area contributed by atoms with E-state index in [0.29, 0.717) is 18.0 Å². The average molecular weight is 258 g/mol. The maximum atomic E-state index is 5.88. The molecule has 1 aromatic carbocycles. The molecule has 0 bridgehead atoms. The fourth-order valence-electron chi connectivity index (χ4n) is 1.80. The van der Waals surface area contributed by atoms with Gasteiger partial charge in [-0.15, -0.1) is 0 Å². The predicted molar refractivity (Wildman–Crippen MR) is 74.6 cm³/mol. The van der Waals surface area contributed by atoms with E-state index in [-0.39, 0.29) is 0 Å². The third kappa shape index (κ3) is 3.03. The van der Waals surface area contributed by atoms with Crippen LogP contribution in [0.25, 0.3) is 0 Å². The third-order valence-electron chi connectivity index (χ3n) is 2.93. The van der Waals surface area contributed by atoms with E-state index in [1.807, 2.05) is 18.2 Å². The number of ether oxygens (including phenoxy) is 2. The van der Waals surface area contributed by atoms with E-state index in [2.05, 4.69) is 11.9 Å². The second kappa shape index (κ2) is 6.20. The quantitative estimate of drug-likeness (QED) is 0.895. The van der Waals surface area contributed by atoms with Gasteiger partial charge in [0.1, 0.15) is 5.75 Å². The van der Waals surface area contributed by atoms with Gasteiger partial charge in [0.15, 0.2) is 11.5 Å². The van der Waals surface area contributed by atoms with Gasteiger partial charge < -0.3 is 15.2 Å². The van der Waals surface area contributed by atoms with Crippen molar-refractivity contribution in [3.8, 4) is 17.2 Å². The summed E-state index contributed by atoms with van der Waals surface area (Å²) in [5.74, 6) is 2.11. The Kier molecular flexibility index (Phi) is 4.36. The Morgan fingerprint density at radius 2 is 2.00 bits per heavy atom. The van der Waals surface area contributed by atoms with Crippen molar-refractivity contribution in [1.82, 2.24) is 4.98 Å². The zero-order valence-electron chi connectivity index (χ0n) is 11.2. The predicted octanol–water partition coefficient (Wildman–Crippen LogP) is 2.90. The first-order valence-corrected chi connectivity index (χ1v) is 6.26. The number of hydrogen-bond acceptors (Lipinski definition) is 4. The number of methoxy groups -OCH3 is 1. The van der Waals surface area contributed by atoms with Crippen molar-refractivity contribution in [2.75, 3.05) is 7.11 Å². The molecule has 0 unspecified atom stereocenters. The van der Waals surface area contributed by atoms with Crippen LogP contribution in [0, 0.1) is 0 Å². The summed E-state index contributed by atoms with van der Waals surface area (Å²) in [7, 11) is 1.64. The van der Waals surface area contributed by atoms with Gasteiger partial charge in [0.25, 0.3) is 0 Å². The van der Waals surface area contributed by atoms with Crippen LogP contribution >= 0.6 is 0 Å². The molecule has 0 amide bonds. The standard InChI is InChI=1S/C15H18N2O2/c1-3-11-4-5-14(15(8-11)18-2)19-13-6-7-17-10-12(13)9-16/h4-8,10H,3,9,16H2,1-2H3. The first-order valence-electron chi connectivity index (χ1n) is 6.26. The van der Waals surface area contributed by atoms with Crippen LogP contribution in [0.15, 0.2) is 36.7 Å². The van der Waals surface area contributed by atoms with Crippen LogP contribution < -0.4 is 15.2 Å². The van der Waals surface area contributed by atoms with Gasteiger partial charge >= 0.3 is 0 Å². The van der Waals surface area contributed by atoms with Crippen LogP contribution in [0.1, 0.15) is 18.1 Å². The molecule has 2 N–H and O–H groups in total. The van der Waals surface area contributed by atoms with Gasteiger partial charge in [0, 0.05) is 24.5 Å². The highest BCUT2D eigenvalue weighted by molar-refractivity contribution is 5.46. The highest BCUT2D eigenvalue weighted by atomic mass is 16.5. The lowest BCUT2D eigenvalue weighted by Gasteiger charge is -2.13. The van der Waals surface area contributed by atoms with Gasteiger partial charge in [0.2, 0.25) is 0 Å². The SMILES string of the molecule is CCc1ccc(Oc2ccncc2CN)c(OC)c1. The molecule has 0 aliphatic carbocycles. The monoisotopic (exact) mass is 258 g/mol. The van der Waals surface area contributed by atoms with Crippen molar-refractivity contribution >= 4 is 0 Å². The molecular formula is C15H18N2O2. The van der Waals surface area contributed by atoms with Crippen molar-refractivity contribution in [2.45, 2.75) is 19.9 Å². The molecule has 0 spiro atoms. The number of benzene rings is 1. The average Bonchev–Trinajstić information content (AvgIpc) is 2.48. The lowest BCUT2D eigenvalue weighted by molar-refractivity contribution is 0.377. The van der Waals surface area contributed by atoms with Crippen LogP contribution in [-0.4, -0.2) is 12.1 Å². The maximum Gasteiger partial charge on any atom is 0.169 e. The maximum absolute atomic E-state index is 5.88. The molecule has 2 rings (SSSR count). The molecule has 1 aromatic heterocycles. The summed E-state index contributed by atoms with van der Waals surface area (Å²) in [4.78, 5) is 4.04. The number of hydrogen-bond donors (Lipinski definition) is 1. The fourth-order valence-corrected chi connectivity index (χ4v) is 1.80. The fraction of sp³-hybridized carbons (Fsp3) is 0.267. The number of pyridine rings is 1. The minimum absolute atomic E-state index is 0.387. The van der Waals surface area contributed by atoms with Gasteiger partial charge in [-0.3, -0.25) is 4.98 Å². The first-order chi connectivity index (χ1) is 9.28. The van der Waals surface area contributed by atoms with E-state index in [9.17, 15) is 0 Å². The molecule has 4 heteroatoms. The minimum Gasteiger partial charge on any atom is -0.493 e. The highest BCUT2D eigenvalue weighted by Gasteiger charge is 2.09. The van der Waals surface area contributed by atoms with Crippen LogP contribution in [0.2, 0.25) is 0 Å². The summed E-state index contributed by atoms with van der Waals surface area (Å²) in [6, 6.07) is 7.73. The Labute approximate surface area is 113 Å². The van der Waals surface area contributed by atoms with Crippen molar-refractivity contribution < 1.29 is 9.47 Å². The summed E-state index contributed by atoms with van der Waals surface area (Å²) in [5, 5.41) is 0. The lowest BCUT2D eigenvalue weighted by Crippen LogP contribution is -2.00. The molecular weight excluding hydrogens is 240 g/mol. The zero-order valence-corrected chi connectivity index (χ0v) is 11.2. The van der Waals surface area contributed by atoms with E-state index in [1.54, 1.807) is 25.6 Å². The molecule has 2 aromatic rings. The van der Waals surface area contributed by atoms with Crippen molar-refractivity contribution in [1.29, 1.82) is 0 Å². The number of aryl methyl sites for hydroxylation is 1. The van der Waals surface area contributed by atoms with Gasteiger partial charge in [-0.25, -0.2) is 0 Å². The van der Waals surface area contributed by atoms with Crippen LogP contribution in [0.5, 0.6) is 17.2 Å². The lowest BCUT2D eigenvalue weighted by atomic mass is 10.1. The van der Waals surface area contributed by atoms with Crippen LogP contribution in [0.3, 0.4) is 0 Å². The van der Waals surface area contributed by atoms with Crippen LogP contribution in [0.4, 0.5) is 0 Å². The van der Waals surface area contributed by atoms with E-state index in [1.165, 1.54) is 5.56 Å². The molecule has 0 fully saturated rings. The Bertz CT molecular complexity index is 556. The first kappa shape index (κ1) is 13.4. The van der Waals surface area contributed by atoms with Gasteiger partial charge in [0.05, 0.1) is 7.11 Å². The molecule has 4 nitrogen and oxygen atoms in total. The summed E-state index contributed by atoms with van der Waals surface area (Å²) in [6.45, 7) is 2.49. The van der Waals surface area contributed by atoms with E-state index in [4.69, 9.17) is 15.2 Å². The molecule has 1 heterocycles. The van der Waals surface area contributed by atoms with E-state index in [0.717, 1.165) is 17.7 Å². The molecule has 19 heavy (non-hydrogen) atoms. The number of aromatic nitrogens is 1. The second-order valence-corrected chi connectivity index (χ2v) is 4.13. The Morgan fingerprint density at radius 3 is 2.68 bits per heavy atom. The van der Waals surface area contributed by atoms with Gasteiger partial charge in [-0.1, -0.05) is 13.0 Å². The molecule has 0 radical (unpaired) electrons. The van der Waals surface area contributed by atoms with Crippen LogP contribution in [-0.2, 0) is 13.0 Å². The van der Waals surface area contributed by atoms with Crippen molar-refractivity contribution in [3.05, 3.63) is 47.8 Å². The largest absolute Gasteiger partial charge is 0.493 e. The molecule has 0 aliphatic heterocycles. The minimum atomic E-state index is 0.387. The normalized spacial score (nSPS) is 10.3.